The van der Waals surface area contributed by atoms with Crippen LogP contribution < -0.4 is 0 Å². The van der Waals surface area contributed by atoms with Crippen molar-refractivity contribution in [2.75, 3.05) is 0 Å². The molecule has 0 amide bonds. The lowest BCUT2D eigenvalue weighted by Crippen LogP contribution is -2.21. The smallest absolute Gasteiger partial charge is 0.339 e. The van der Waals surface area contributed by atoms with E-state index in [1.165, 1.54) is 6.42 Å². The van der Waals surface area contributed by atoms with Crippen molar-refractivity contribution in [1.29, 1.82) is 0 Å². The third kappa shape index (κ3) is 3.64. The highest BCUT2D eigenvalue weighted by Crippen LogP contribution is 2.28. The number of ether oxygens (including phenoxy) is 1. The van der Waals surface area contributed by atoms with Crippen molar-refractivity contribution in [2.24, 2.45) is 0 Å². The van der Waals surface area contributed by atoms with Crippen molar-refractivity contribution in [3.05, 3.63) is 46.7 Å². The molecule has 0 N–H and O–H groups in total. The maximum absolute atomic E-state index is 12.4. The summed E-state index contributed by atoms with van der Waals surface area (Å²) >= 11 is 6.14. The molecule has 4 nitrogen and oxygen atoms in total. The van der Waals surface area contributed by atoms with Crippen molar-refractivity contribution in [3.63, 3.8) is 0 Å². The van der Waals surface area contributed by atoms with Gasteiger partial charge in [0, 0.05) is 5.56 Å². The standard InChI is InChI=1S/C18H17ClO4/c19-16-8-6-12(17-9-7-14(11-20)22-17)10-15(16)18(21)23-13-4-2-1-3-5-13/h6-11,13H,1-5H2. The summed E-state index contributed by atoms with van der Waals surface area (Å²) in [5.41, 5.74) is 0.997. The third-order valence-electron chi connectivity index (χ3n) is 4.04. The topological polar surface area (TPSA) is 56.5 Å². The highest BCUT2D eigenvalue weighted by atomic mass is 35.5. The molecule has 1 heterocycles. The van der Waals surface area contributed by atoms with Gasteiger partial charge in [-0.3, -0.25) is 4.79 Å². The molecule has 5 heteroatoms. The number of carbonyl (C=O) groups excluding carboxylic acids is 2. The summed E-state index contributed by atoms with van der Waals surface area (Å²) in [5, 5.41) is 0.344. The fraction of sp³-hybridized carbons (Fsp3) is 0.333. The van der Waals surface area contributed by atoms with Gasteiger partial charge in [0.15, 0.2) is 12.0 Å². The van der Waals surface area contributed by atoms with Gasteiger partial charge in [-0.1, -0.05) is 18.0 Å². The molecule has 0 bridgehead atoms. The summed E-state index contributed by atoms with van der Waals surface area (Å²) < 4.78 is 10.9. The summed E-state index contributed by atoms with van der Waals surface area (Å²) in [7, 11) is 0. The van der Waals surface area contributed by atoms with Crippen molar-refractivity contribution < 1.29 is 18.7 Å². The highest BCUT2D eigenvalue weighted by molar-refractivity contribution is 6.33. The van der Waals surface area contributed by atoms with Crippen LogP contribution in [-0.4, -0.2) is 18.4 Å². The molecule has 1 aromatic carbocycles. The number of benzene rings is 1. The number of aldehydes is 1. The molecular formula is C18H17ClO4. The third-order valence-corrected chi connectivity index (χ3v) is 4.37. The van der Waals surface area contributed by atoms with Crippen molar-refractivity contribution in [2.45, 2.75) is 38.2 Å². The van der Waals surface area contributed by atoms with Crippen LogP contribution >= 0.6 is 11.6 Å². The van der Waals surface area contributed by atoms with Crippen LogP contribution in [0.15, 0.2) is 34.7 Å². The molecule has 0 atom stereocenters. The van der Waals surface area contributed by atoms with Gasteiger partial charge in [-0.2, -0.15) is 0 Å². The first kappa shape index (κ1) is 15.8. The molecule has 3 rings (SSSR count). The number of esters is 1. The van der Waals surface area contributed by atoms with Gasteiger partial charge in [0.25, 0.3) is 0 Å². The first-order valence-corrected chi connectivity index (χ1v) is 8.11. The normalized spacial score (nSPS) is 15.3. The molecule has 23 heavy (non-hydrogen) atoms. The van der Waals surface area contributed by atoms with Crippen LogP contribution in [0.5, 0.6) is 0 Å². The summed E-state index contributed by atoms with van der Waals surface area (Å²) in [6.45, 7) is 0. The maximum Gasteiger partial charge on any atom is 0.339 e. The van der Waals surface area contributed by atoms with Crippen LogP contribution in [0.4, 0.5) is 0 Å². The van der Waals surface area contributed by atoms with Crippen LogP contribution in [0.2, 0.25) is 5.02 Å². The molecule has 1 aromatic heterocycles. The number of rotatable bonds is 4. The van der Waals surface area contributed by atoms with Crippen LogP contribution in [0.25, 0.3) is 11.3 Å². The zero-order valence-corrected chi connectivity index (χ0v) is 13.3. The van der Waals surface area contributed by atoms with E-state index in [1.807, 2.05) is 0 Å². The Kier molecular flexibility index (Phi) is 4.82. The minimum atomic E-state index is -0.411. The number of halogens is 1. The Hall–Kier alpha value is -2.07. The summed E-state index contributed by atoms with van der Waals surface area (Å²) in [6.07, 6.45) is 5.80. The molecule has 0 unspecified atom stereocenters. The van der Waals surface area contributed by atoms with E-state index < -0.39 is 5.97 Å². The number of hydrogen-bond acceptors (Lipinski definition) is 4. The van der Waals surface area contributed by atoms with Crippen LogP contribution in [0.3, 0.4) is 0 Å². The van der Waals surface area contributed by atoms with Crippen molar-refractivity contribution >= 4 is 23.9 Å². The van der Waals surface area contributed by atoms with E-state index in [4.69, 9.17) is 20.8 Å². The van der Waals surface area contributed by atoms with Gasteiger partial charge < -0.3 is 9.15 Å². The average molecular weight is 333 g/mol. The molecule has 0 aliphatic heterocycles. The van der Waals surface area contributed by atoms with E-state index in [9.17, 15) is 9.59 Å². The molecule has 120 valence electrons. The van der Waals surface area contributed by atoms with Gasteiger partial charge in [-0.15, -0.1) is 0 Å². The molecule has 0 spiro atoms. The predicted molar refractivity (Wildman–Crippen MR) is 86.8 cm³/mol. The van der Waals surface area contributed by atoms with E-state index in [-0.39, 0.29) is 11.9 Å². The van der Waals surface area contributed by atoms with Gasteiger partial charge in [0.2, 0.25) is 0 Å². The molecule has 2 aromatic rings. The van der Waals surface area contributed by atoms with Gasteiger partial charge in [-0.25, -0.2) is 4.79 Å². The highest BCUT2D eigenvalue weighted by Gasteiger charge is 2.21. The Morgan fingerprint density at radius 2 is 1.96 bits per heavy atom. The molecule has 1 fully saturated rings. The quantitative estimate of drug-likeness (QED) is 0.590. The lowest BCUT2D eigenvalue weighted by molar-refractivity contribution is 0.0211. The zero-order valence-electron chi connectivity index (χ0n) is 12.6. The second-order valence-corrected chi connectivity index (χ2v) is 6.09. The van der Waals surface area contributed by atoms with Gasteiger partial charge in [0.1, 0.15) is 11.9 Å². The fourth-order valence-electron chi connectivity index (χ4n) is 2.80. The average Bonchev–Trinajstić information content (AvgIpc) is 3.05. The number of furan rings is 1. The summed E-state index contributed by atoms with van der Waals surface area (Å²) in [5.74, 6) is 0.336. The van der Waals surface area contributed by atoms with E-state index in [1.54, 1.807) is 30.3 Å². The van der Waals surface area contributed by atoms with Crippen molar-refractivity contribution in [3.8, 4) is 11.3 Å². The largest absolute Gasteiger partial charge is 0.459 e. The van der Waals surface area contributed by atoms with E-state index in [0.717, 1.165) is 25.7 Å². The van der Waals surface area contributed by atoms with E-state index in [0.29, 0.717) is 28.2 Å². The predicted octanol–water partition coefficient (Wildman–Crippen LogP) is 4.90. The molecule has 1 saturated carbocycles. The molecule has 1 aliphatic rings. The monoisotopic (exact) mass is 332 g/mol. The summed E-state index contributed by atoms with van der Waals surface area (Å²) in [6, 6.07) is 8.28. The second kappa shape index (κ2) is 7.01. The Balaban J connectivity index is 1.81. The first-order chi connectivity index (χ1) is 11.2. The van der Waals surface area contributed by atoms with Crippen molar-refractivity contribution in [1.82, 2.24) is 0 Å². The van der Waals surface area contributed by atoms with E-state index >= 15 is 0 Å². The summed E-state index contributed by atoms with van der Waals surface area (Å²) in [4.78, 5) is 23.1. The maximum atomic E-state index is 12.4. The lowest BCUT2D eigenvalue weighted by atomic mass is 9.98. The van der Waals surface area contributed by atoms with Crippen LogP contribution in [0, 0.1) is 0 Å². The molecular weight excluding hydrogens is 316 g/mol. The fourth-order valence-corrected chi connectivity index (χ4v) is 3.00. The van der Waals surface area contributed by atoms with Crippen LogP contribution in [0.1, 0.15) is 53.0 Å². The van der Waals surface area contributed by atoms with Gasteiger partial charge in [0.05, 0.1) is 10.6 Å². The van der Waals surface area contributed by atoms with E-state index in [2.05, 4.69) is 0 Å². The Labute approximate surface area is 139 Å². The molecule has 1 aliphatic carbocycles. The lowest BCUT2D eigenvalue weighted by Gasteiger charge is -2.22. The SMILES string of the molecule is O=Cc1ccc(-c2ccc(Cl)c(C(=O)OC3CCCCC3)c2)o1. The minimum absolute atomic E-state index is 0.0266. The molecule has 0 radical (unpaired) electrons. The zero-order chi connectivity index (χ0) is 16.2. The Morgan fingerprint density at radius 1 is 1.17 bits per heavy atom. The minimum Gasteiger partial charge on any atom is -0.459 e. The number of carbonyl (C=O) groups is 2. The van der Waals surface area contributed by atoms with Gasteiger partial charge >= 0.3 is 5.97 Å². The molecule has 0 saturated heterocycles. The Morgan fingerprint density at radius 3 is 2.65 bits per heavy atom. The van der Waals surface area contributed by atoms with Crippen LogP contribution in [-0.2, 0) is 4.74 Å². The number of hydrogen-bond donors (Lipinski definition) is 0. The first-order valence-electron chi connectivity index (χ1n) is 7.73. The second-order valence-electron chi connectivity index (χ2n) is 5.68. The Bertz CT molecular complexity index is 714. The van der Waals surface area contributed by atoms with Gasteiger partial charge in [-0.05, 0) is 56.0 Å².